The Labute approximate surface area is 153 Å². The minimum Gasteiger partial charge on any atom is -0.464 e. The van der Waals surface area contributed by atoms with Crippen LogP contribution in [0, 0.1) is 0 Å². The Kier molecular flexibility index (Phi) is 3.85. The Hall–Kier alpha value is -1.51. The van der Waals surface area contributed by atoms with E-state index in [0.717, 1.165) is 25.1 Å². The zero-order valence-electron chi connectivity index (χ0n) is 13.4. The van der Waals surface area contributed by atoms with Gasteiger partial charge in [-0.1, -0.05) is 33.8 Å². The van der Waals surface area contributed by atoms with Crippen molar-refractivity contribution in [2.45, 2.75) is 47.4 Å². The van der Waals surface area contributed by atoms with Crippen LogP contribution in [0.3, 0.4) is 0 Å². The Morgan fingerprint density at radius 3 is 2.54 bits per heavy atom. The normalized spacial score (nSPS) is 28.8. The number of alkyl halides is 1. The fourth-order valence-corrected chi connectivity index (χ4v) is 4.60. The van der Waals surface area contributed by atoms with Crippen molar-refractivity contribution >= 4 is 28.6 Å². The van der Waals surface area contributed by atoms with E-state index in [1.54, 1.807) is 18.2 Å². The van der Waals surface area contributed by atoms with Crippen LogP contribution in [0.4, 0.5) is 0 Å². The predicted molar refractivity (Wildman–Crippen MR) is 95.0 cm³/mol. The van der Waals surface area contributed by atoms with E-state index in [0.29, 0.717) is 15.0 Å². The first-order valence-electron chi connectivity index (χ1n) is 8.13. The number of ether oxygens (including phenoxy) is 1. The Bertz CT molecular complexity index is 764. The highest BCUT2D eigenvalue weighted by atomic mass is 127. The van der Waals surface area contributed by atoms with Gasteiger partial charge in [0.1, 0.15) is 11.4 Å². The van der Waals surface area contributed by atoms with Crippen molar-refractivity contribution in [1.29, 1.82) is 0 Å². The van der Waals surface area contributed by atoms with Crippen molar-refractivity contribution in [2.24, 2.45) is 0 Å². The van der Waals surface area contributed by atoms with Crippen molar-refractivity contribution in [3.05, 3.63) is 29.7 Å². The zero-order chi connectivity index (χ0) is 16.8. The largest absolute Gasteiger partial charge is 0.464 e. The van der Waals surface area contributed by atoms with E-state index in [9.17, 15) is 4.79 Å². The number of hydrogen-bond donors (Lipinski definition) is 0. The number of rotatable bonds is 3. The van der Waals surface area contributed by atoms with Gasteiger partial charge in [0.2, 0.25) is 0 Å². The van der Waals surface area contributed by atoms with E-state index in [2.05, 4.69) is 37.7 Å². The van der Waals surface area contributed by atoms with Crippen LogP contribution in [0.5, 0.6) is 0 Å². The second kappa shape index (κ2) is 5.79. The molecule has 0 atom stereocenters. The van der Waals surface area contributed by atoms with E-state index >= 15 is 0 Å². The van der Waals surface area contributed by atoms with E-state index in [4.69, 9.17) is 9.26 Å². The Morgan fingerprint density at radius 1 is 1.17 bits per heavy atom. The fourth-order valence-electron chi connectivity index (χ4n) is 3.79. The third kappa shape index (κ3) is 2.62. The van der Waals surface area contributed by atoms with Gasteiger partial charge in [-0.05, 0) is 50.7 Å². The lowest BCUT2D eigenvalue weighted by Crippen LogP contribution is -2.45. The first-order valence-corrected chi connectivity index (χ1v) is 9.20. The molecule has 2 aromatic rings. The monoisotopic (exact) mass is 439 g/mol. The zero-order valence-corrected chi connectivity index (χ0v) is 15.6. The molecule has 0 unspecified atom stereocenters. The molecule has 2 heterocycles. The summed E-state index contributed by atoms with van der Waals surface area (Å²) in [5.41, 5.74) is 0.787. The summed E-state index contributed by atoms with van der Waals surface area (Å²) in [5, 5.41) is 4.26. The molecule has 24 heavy (non-hydrogen) atoms. The van der Waals surface area contributed by atoms with E-state index in [1.165, 1.54) is 26.4 Å². The maximum Gasteiger partial charge on any atom is 0.356 e. The molecule has 0 N–H and O–H groups in total. The molecule has 3 aliphatic rings. The lowest BCUT2D eigenvalue weighted by atomic mass is 9.60. The van der Waals surface area contributed by atoms with E-state index < -0.39 is 5.97 Å². The molecular weight excluding hydrogens is 421 g/mol. The van der Waals surface area contributed by atoms with Crippen molar-refractivity contribution in [3.8, 4) is 11.6 Å². The summed E-state index contributed by atoms with van der Waals surface area (Å²) in [5.74, 6) is 0.677. The average Bonchev–Trinajstić information content (AvgIpc) is 3.13. The minimum atomic E-state index is -0.479. The van der Waals surface area contributed by atoms with Gasteiger partial charge in [-0.2, -0.15) is 4.98 Å². The van der Waals surface area contributed by atoms with Crippen molar-refractivity contribution < 1.29 is 14.1 Å². The molecule has 6 nitrogen and oxygen atoms in total. The lowest BCUT2D eigenvalue weighted by molar-refractivity contribution is 0.0594. The van der Waals surface area contributed by atoms with Crippen LogP contribution in [0.15, 0.2) is 22.7 Å². The van der Waals surface area contributed by atoms with Crippen molar-refractivity contribution in [3.63, 3.8) is 0 Å². The molecule has 2 aromatic heterocycles. The summed E-state index contributed by atoms with van der Waals surface area (Å²) in [7, 11) is 1.33. The highest BCUT2D eigenvalue weighted by molar-refractivity contribution is 14.1. The van der Waals surface area contributed by atoms with Gasteiger partial charge in [-0.15, -0.1) is 0 Å². The molecule has 0 aromatic carbocycles. The van der Waals surface area contributed by atoms with Gasteiger partial charge in [-0.3, -0.25) is 0 Å². The highest BCUT2D eigenvalue weighted by Crippen LogP contribution is 2.56. The smallest absolute Gasteiger partial charge is 0.356 e. The summed E-state index contributed by atoms with van der Waals surface area (Å²) >= 11 is 2.63. The van der Waals surface area contributed by atoms with Gasteiger partial charge >= 0.3 is 5.97 Å². The third-order valence-corrected chi connectivity index (χ3v) is 7.04. The second-order valence-corrected chi connectivity index (χ2v) is 9.04. The number of methoxy groups -OCH3 is 1. The first-order chi connectivity index (χ1) is 11.5. The van der Waals surface area contributed by atoms with Gasteiger partial charge in [0.05, 0.1) is 7.11 Å². The van der Waals surface area contributed by atoms with Gasteiger partial charge in [0, 0.05) is 8.84 Å². The molecule has 0 radical (unpaired) electrons. The maximum absolute atomic E-state index is 11.6. The number of hydrogen-bond acceptors (Lipinski definition) is 6. The van der Waals surface area contributed by atoms with Gasteiger partial charge in [-0.25, -0.2) is 9.78 Å². The minimum absolute atomic E-state index is 0.0502. The number of esters is 1. The number of nitrogens with zero attached hydrogens (tertiary/aromatic N) is 3. The Morgan fingerprint density at radius 2 is 1.88 bits per heavy atom. The Balaban J connectivity index is 1.63. The van der Waals surface area contributed by atoms with Gasteiger partial charge in [0.25, 0.3) is 5.89 Å². The fraction of sp³-hybridized carbons (Fsp3) is 0.529. The maximum atomic E-state index is 11.6. The molecule has 0 aliphatic heterocycles. The molecule has 2 bridgehead atoms. The quantitative estimate of drug-likeness (QED) is 0.413. The number of halogens is 1. The molecular formula is C17H18IN3O3. The molecule has 0 amide bonds. The van der Waals surface area contributed by atoms with Crippen LogP contribution in [0.25, 0.3) is 11.6 Å². The molecule has 3 saturated carbocycles. The number of carbonyl (C=O) groups is 1. The standard InChI is InChI=1S/C17H18IN3O3/c1-23-14(22)12-4-2-3-11(19-12)13-20-15(21-24-13)16-5-8-17(18,9-6-16)10-7-16/h2-4H,5-10H2,1H3. The van der Waals surface area contributed by atoms with Crippen LogP contribution in [0.1, 0.15) is 54.8 Å². The molecule has 0 spiro atoms. The number of fused-ring (bicyclic) bond motifs is 3. The highest BCUT2D eigenvalue weighted by Gasteiger charge is 2.50. The SMILES string of the molecule is COC(=O)c1cccc(-c2nc(C34CCC(I)(CC3)CC4)no2)n1. The molecule has 0 saturated heterocycles. The second-order valence-electron chi connectivity index (χ2n) is 6.75. The van der Waals surface area contributed by atoms with E-state index in [1.807, 2.05) is 0 Å². The van der Waals surface area contributed by atoms with E-state index in [-0.39, 0.29) is 11.1 Å². The van der Waals surface area contributed by atoms with Crippen LogP contribution < -0.4 is 0 Å². The summed E-state index contributed by atoms with van der Waals surface area (Å²) < 4.78 is 10.6. The van der Waals surface area contributed by atoms with Gasteiger partial charge in [0.15, 0.2) is 5.82 Å². The van der Waals surface area contributed by atoms with Crippen molar-refractivity contribution in [1.82, 2.24) is 15.1 Å². The van der Waals surface area contributed by atoms with Crippen LogP contribution in [0.2, 0.25) is 0 Å². The number of aromatic nitrogens is 3. The molecule has 5 rings (SSSR count). The summed E-state index contributed by atoms with van der Waals surface area (Å²) in [6, 6.07) is 5.11. The number of pyridine rings is 1. The van der Waals surface area contributed by atoms with Crippen LogP contribution >= 0.6 is 22.6 Å². The van der Waals surface area contributed by atoms with Crippen LogP contribution in [-0.2, 0) is 10.2 Å². The lowest BCUT2D eigenvalue weighted by Gasteiger charge is -2.49. The summed E-state index contributed by atoms with van der Waals surface area (Å²) in [6.45, 7) is 0. The van der Waals surface area contributed by atoms with Crippen molar-refractivity contribution in [2.75, 3.05) is 7.11 Å². The number of carbonyl (C=O) groups excluding carboxylic acids is 1. The molecule has 3 fully saturated rings. The first kappa shape index (κ1) is 16.0. The third-order valence-electron chi connectivity index (χ3n) is 5.42. The predicted octanol–water partition coefficient (Wildman–Crippen LogP) is 3.70. The molecule has 126 valence electrons. The van der Waals surface area contributed by atoms with Gasteiger partial charge < -0.3 is 9.26 Å². The average molecular weight is 439 g/mol. The molecule has 7 heteroatoms. The topological polar surface area (TPSA) is 78.1 Å². The summed E-state index contributed by atoms with van der Waals surface area (Å²) in [4.78, 5) is 20.5. The van der Waals surface area contributed by atoms with Crippen LogP contribution in [-0.4, -0.2) is 31.6 Å². The molecule has 3 aliphatic carbocycles. The summed E-state index contributed by atoms with van der Waals surface area (Å²) in [6.07, 6.45) is 6.99.